The van der Waals surface area contributed by atoms with Crippen LogP contribution >= 0.6 is 0 Å². The standard InChI is InChI=1S/C8H19NO2/c1-10-8(11-2)6-4-3-5-7-9/h8H,3-7,9H2,1-2H3. The topological polar surface area (TPSA) is 44.5 Å². The predicted octanol–water partition coefficient (Wildman–Crippen LogP) is 1.12. The molecule has 3 heteroatoms. The van der Waals surface area contributed by atoms with Crippen molar-refractivity contribution in [2.75, 3.05) is 20.8 Å². The van der Waals surface area contributed by atoms with Crippen LogP contribution in [0.5, 0.6) is 0 Å². The highest BCUT2D eigenvalue weighted by Gasteiger charge is 2.02. The van der Waals surface area contributed by atoms with Crippen LogP contribution in [0.2, 0.25) is 0 Å². The van der Waals surface area contributed by atoms with Crippen LogP contribution in [0.4, 0.5) is 0 Å². The Morgan fingerprint density at radius 1 is 1.09 bits per heavy atom. The molecule has 0 fully saturated rings. The first-order valence-electron chi connectivity index (χ1n) is 4.10. The molecular formula is C8H19NO2. The lowest BCUT2D eigenvalue weighted by molar-refractivity contribution is -0.107. The summed E-state index contributed by atoms with van der Waals surface area (Å²) in [6, 6.07) is 0. The first-order valence-corrected chi connectivity index (χ1v) is 4.10. The summed E-state index contributed by atoms with van der Waals surface area (Å²) >= 11 is 0. The Bertz CT molecular complexity index is 74.5. The van der Waals surface area contributed by atoms with Crippen LogP contribution < -0.4 is 5.73 Å². The van der Waals surface area contributed by atoms with Crippen molar-refractivity contribution in [3.8, 4) is 0 Å². The Morgan fingerprint density at radius 3 is 2.18 bits per heavy atom. The maximum Gasteiger partial charge on any atom is 0.156 e. The minimum absolute atomic E-state index is 0.0345. The molecule has 0 spiro atoms. The van der Waals surface area contributed by atoms with Crippen LogP contribution in [0.25, 0.3) is 0 Å². The molecule has 11 heavy (non-hydrogen) atoms. The third-order valence-electron chi connectivity index (χ3n) is 1.67. The Hall–Kier alpha value is -0.120. The van der Waals surface area contributed by atoms with Gasteiger partial charge in [0.25, 0.3) is 0 Å². The van der Waals surface area contributed by atoms with Crippen LogP contribution in [0, 0.1) is 0 Å². The second kappa shape index (κ2) is 7.98. The first-order chi connectivity index (χ1) is 5.35. The van der Waals surface area contributed by atoms with Gasteiger partial charge in [0.1, 0.15) is 0 Å². The van der Waals surface area contributed by atoms with E-state index in [2.05, 4.69) is 0 Å². The number of hydrogen-bond donors (Lipinski definition) is 1. The molecule has 68 valence electrons. The smallest absolute Gasteiger partial charge is 0.156 e. The van der Waals surface area contributed by atoms with E-state index in [1.807, 2.05) is 0 Å². The molecule has 0 saturated heterocycles. The highest BCUT2D eigenvalue weighted by molar-refractivity contribution is 4.46. The number of rotatable bonds is 7. The SMILES string of the molecule is COC(CCCCCN)OC. The number of ether oxygens (including phenoxy) is 2. The highest BCUT2D eigenvalue weighted by atomic mass is 16.7. The second-order valence-corrected chi connectivity index (χ2v) is 2.54. The molecule has 2 N–H and O–H groups in total. The van der Waals surface area contributed by atoms with Crippen LogP contribution in [-0.2, 0) is 9.47 Å². The Morgan fingerprint density at radius 2 is 1.73 bits per heavy atom. The van der Waals surface area contributed by atoms with Crippen molar-refractivity contribution in [3.63, 3.8) is 0 Å². The lowest BCUT2D eigenvalue weighted by Gasteiger charge is -2.12. The number of unbranched alkanes of at least 4 members (excludes halogenated alkanes) is 2. The average molecular weight is 161 g/mol. The Kier molecular flexibility index (Phi) is 7.89. The summed E-state index contributed by atoms with van der Waals surface area (Å²) in [6.45, 7) is 0.782. The molecule has 0 aromatic rings. The van der Waals surface area contributed by atoms with Gasteiger partial charge in [0.15, 0.2) is 6.29 Å². The van der Waals surface area contributed by atoms with Gasteiger partial charge < -0.3 is 15.2 Å². The molecule has 0 aliphatic rings. The van der Waals surface area contributed by atoms with E-state index in [1.54, 1.807) is 14.2 Å². The molecule has 0 radical (unpaired) electrons. The number of hydrogen-bond acceptors (Lipinski definition) is 3. The molecule has 0 amide bonds. The molecule has 0 bridgehead atoms. The van der Waals surface area contributed by atoms with Crippen molar-refractivity contribution in [3.05, 3.63) is 0 Å². The van der Waals surface area contributed by atoms with Gasteiger partial charge in [-0.1, -0.05) is 6.42 Å². The molecule has 0 unspecified atom stereocenters. The van der Waals surface area contributed by atoms with Crippen LogP contribution in [-0.4, -0.2) is 27.1 Å². The van der Waals surface area contributed by atoms with Gasteiger partial charge in [-0.25, -0.2) is 0 Å². The van der Waals surface area contributed by atoms with Gasteiger partial charge in [-0.2, -0.15) is 0 Å². The second-order valence-electron chi connectivity index (χ2n) is 2.54. The van der Waals surface area contributed by atoms with E-state index in [0.29, 0.717) is 0 Å². The zero-order valence-corrected chi connectivity index (χ0v) is 7.51. The fourth-order valence-corrected chi connectivity index (χ4v) is 0.964. The van der Waals surface area contributed by atoms with Crippen molar-refractivity contribution in [2.45, 2.75) is 32.0 Å². The summed E-state index contributed by atoms with van der Waals surface area (Å²) in [5.41, 5.74) is 5.35. The van der Waals surface area contributed by atoms with Gasteiger partial charge in [0.05, 0.1) is 0 Å². The summed E-state index contributed by atoms with van der Waals surface area (Å²) in [4.78, 5) is 0. The zero-order valence-electron chi connectivity index (χ0n) is 7.51. The minimum Gasteiger partial charge on any atom is -0.356 e. The Labute approximate surface area is 68.9 Å². The van der Waals surface area contributed by atoms with Crippen molar-refractivity contribution < 1.29 is 9.47 Å². The minimum atomic E-state index is -0.0345. The summed E-state index contributed by atoms with van der Waals surface area (Å²) in [5, 5.41) is 0. The van der Waals surface area contributed by atoms with Crippen molar-refractivity contribution in [1.29, 1.82) is 0 Å². The van der Waals surface area contributed by atoms with Gasteiger partial charge >= 0.3 is 0 Å². The molecule has 0 atom stereocenters. The van der Waals surface area contributed by atoms with Crippen LogP contribution in [0.3, 0.4) is 0 Å². The summed E-state index contributed by atoms with van der Waals surface area (Å²) < 4.78 is 10.1. The monoisotopic (exact) mass is 161 g/mol. The van der Waals surface area contributed by atoms with Gasteiger partial charge in [0.2, 0.25) is 0 Å². The van der Waals surface area contributed by atoms with E-state index in [-0.39, 0.29) is 6.29 Å². The van der Waals surface area contributed by atoms with E-state index in [1.165, 1.54) is 6.42 Å². The Balaban J connectivity index is 3.07. The zero-order chi connectivity index (χ0) is 8.53. The third kappa shape index (κ3) is 6.28. The molecule has 0 saturated carbocycles. The van der Waals surface area contributed by atoms with E-state index in [4.69, 9.17) is 15.2 Å². The molecule has 0 aliphatic carbocycles. The predicted molar refractivity (Wildman–Crippen MR) is 45.3 cm³/mol. The highest BCUT2D eigenvalue weighted by Crippen LogP contribution is 2.05. The van der Waals surface area contributed by atoms with Gasteiger partial charge in [-0.15, -0.1) is 0 Å². The van der Waals surface area contributed by atoms with Crippen molar-refractivity contribution in [2.24, 2.45) is 5.73 Å². The molecule has 3 nitrogen and oxygen atoms in total. The largest absolute Gasteiger partial charge is 0.356 e. The fourth-order valence-electron chi connectivity index (χ4n) is 0.964. The quantitative estimate of drug-likeness (QED) is 0.449. The molecule has 0 aromatic heterocycles. The average Bonchev–Trinajstić information content (AvgIpc) is 2.05. The summed E-state index contributed by atoms with van der Waals surface area (Å²) in [5.74, 6) is 0. The lowest BCUT2D eigenvalue weighted by Crippen LogP contribution is -2.12. The molecule has 0 rings (SSSR count). The summed E-state index contributed by atoms with van der Waals surface area (Å²) in [7, 11) is 3.33. The van der Waals surface area contributed by atoms with E-state index >= 15 is 0 Å². The molecular weight excluding hydrogens is 142 g/mol. The van der Waals surface area contributed by atoms with E-state index < -0.39 is 0 Å². The van der Waals surface area contributed by atoms with Crippen LogP contribution in [0.15, 0.2) is 0 Å². The third-order valence-corrected chi connectivity index (χ3v) is 1.67. The van der Waals surface area contributed by atoms with Crippen molar-refractivity contribution >= 4 is 0 Å². The van der Waals surface area contributed by atoms with E-state index in [0.717, 1.165) is 25.8 Å². The molecule has 0 aromatic carbocycles. The number of nitrogens with two attached hydrogens (primary N) is 1. The normalized spacial score (nSPS) is 10.9. The van der Waals surface area contributed by atoms with Crippen molar-refractivity contribution in [1.82, 2.24) is 0 Å². The molecule has 0 heterocycles. The fraction of sp³-hybridized carbons (Fsp3) is 1.00. The maximum atomic E-state index is 5.35. The maximum absolute atomic E-state index is 5.35. The lowest BCUT2D eigenvalue weighted by atomic mass is 10.2. The summed E-state index contributed by atoms with van der Waals surface area (Å²) in [6.07, 6.45) is 4.32. The number of methoxy groups -OCH3 is 2. The van der Waals surface area contributed by atoms with E-state index in [9.17, 15) is 0 Å². The van der Waals surface area contributed by atoms with Gasteiger partial charge in [-0.3, -0.25) is 0 Å². The van der Waals surface area contributed by atoms with Gasteiger partial charge in [0, 0.05) is 14.2 Å². The first kappa shape index (κ1) is 10.9. The molecule has 0 aliphatic heterocycles. The van der Waals surface area contributed by atoms with Gasteiger partial charge in [-0.05, 0) is 25.8 Å². The van der Waals surface area contributed by atoms with Crippen LogP contribution in [0.1, 0.15) is 25.7 Å².